The fraction of sp³-hybridized carbons (Fsp3) is 0.556. The number of nitrogens with zero attached hydrogens (tertiary/aromatic N) is 1. The lowest BCUT2D eigenvalue weighted by Crippen LogP contribution is -3.00. The summed E-state index contributed by atoms with van der Waals surface area (Å²) in [4.78, 5) is 6.93. The average molecular weight is 448 g/mol. The van der Waals surface area contributed by atoms with Gasteiger partial charge in [0.1, 0.15) is 13.1 Å². The third kappa shape index (κ3) is 6.71. The maximum atomic E-state index is 6.93. The monoisotopic (exact) mass is 447 g/mol. The largest absolute Gasteiger partial charge is 1.00 e. The van der Waals surface area contributed by atoms with Crippen molar-refractivity contribution < 1.29 is 26.6 Å². The number of hydrogen-bond donors (Lipinski definition) is 0. The Morgan fingerprint density at radius 1 is 0.806 bits per heavy atom. The van der Waals surface area contributed by atoms with Gasteiger partial charge in [-0.25, -0.2) is 0 Å². The van der Waals surface area contributed by atoms with Gasteiger partial charge < -0.3 is 22.0 Å². The Balaban J connectivity index is 0.00000480. The zero-order valence-electron chi connectivity index (χ0n) is 20.7. The highest BCUT2D eigenvalue weighted by molar-refractivity contribution is 5.33. The van der Waals surface area contributed by atoms with Crippen LogP contribution in [0.4, 0.5) is 0 Å². The van der Waals surface area contributed by atoms with E-state index in [0.717, 1.165) is 18.8 Å². The van der Waals surface area contributed by atoms with E-state index in [2.05, 4.69) is 91.8 Å². The number of para-hydroxylation sites is 1. The maximum absolute atomic E-state index is 6.93. The van der Waals surface area contributed by atoms with Gasteiger partial charge in [0.05, 0.1) is 6.10 Å². The molecule has 0 saturated carbocycles. The molecular formula is C27H42ClNO2. The van der Waals surface area contributed by atoms with Gasteiger partial charge in [-0.05, 0) is 45.4 Å². The van der Waals surface area contributed by atoms with Crippen LogP contribution in [0.3, 0.4) is 0 Å². The van der Waals surface area contributed by atoms with E-state index in [1.165, 1.54) is 11.1 Å². The standard InChI is InChI=1S/C27H42NO2.ClH/c1-9-29-23(6)25-17-13-14-18-26(25)27(7,8)28(19-21(2)3,20-22(4)5)30-24-15-11-10-12-16-24;/h10-18,21-23H,9,19-20H2,1-8H3;1H/q+1;/p-1. The van der Waals surface area contributed by atoms with Gasteiger partial charge >= 0.3 is 0 Å². The zero-order valence-corrected chi connectivity index (χ0v) is 21.4. The quantitative estimate of drug-likeness (QED) is 0.380. The summed E-state index contributed by atoms with van der Waals surface area (Å²) < 4.78 is 6.55. The Kier molecular flexibility index (Phi) is 10.5. The van der Waals surface area contributed by atoms with Gasteiger partial charge in [0, 0.05) is 24.0 Å². The minimum absolute atomic E-state index is 0. The lowest BCUT2D eigenvalue weighted by molar-refractivity contribution is -1.12. The average Bonchev–Trinajstić information content (AvgIpc) is 2.67. The van der Waals surface area contributed by atoms with E-state index in [4.69, 9.17) is 9.57 Å². The van der Waals surface area contributed by atoms with Gasteiger partial charge in [0.25, 0.3) is 0 Å². The van der Waals surface area contributed by atoms with E-state index in [0.29, 0.717) is 23.1 Å². The summed E-state index contributed by atoms with van der Waals surface area (Å²) in [5.41, 5.74) is 2.27. The molecule has 2 rings (SSSR count). The SMILES string of the molecule is CCOC(C)c1ccccc1C(C)(C)[N+](CC(C)C)(CC(C)C)Oc1ccccc1.[Cl-]. The molecule has 0 saturated heterocycles. The van der Waals surface area contributed by atoms with Crippen LogP contribution >= 0.6 is 0 Å². The highest BCUT2D eigenvalue weighted by Gasteiger charge is 2.50. The molecule has 0 amide bonds. The fourth-order valence-electron chi connectivity index (χ4n) is 4.55. The summed E-state index contributed by atoms with van der Waals surface area (Å²) >= 11 is 0. The number of hydroxylamine groups is 3. The molecule has 1 atom stereocenters. The number of halogens is 1. The summed E-state index contributed by atoms with van der Waals surface area (Å²) in [6.07, 6.45) is 0.0437. The van der Waals surface area contributed by atoms with Crippen LogP contribution in [0, 0.1) is 11.8 Å². The third-order valence-electron chi connectivity index (χ3n) is 5.84. The second-order valence-corrected chi connectivity index (χ2v) is 9.69. The van der Waals surface area contributed by atoms with E-state index < -0.39 is 0 Å². The summed E-state index contributed by atoms with van der Waals surface area (Å²) in [5.74, 6) is 1.90. The second kappa shape index (κ2) is 11.9. The third-order valence-corrected chi connectivity index (χ3v) is 5.84. The summed E-state index contributed by atoms with van der Waals surface area (Å²) in [6, 6.07) is 19.0. The smallest absolute Gasteiger partial charge is 0.190 e. The number of hydrogen-bond acceptors (Lipinski definition) is 2. The molecule has 0 aliphatic carbocycles. The van der Waals surface area contributed by atoms with Crippen LogP contribution in [0.15, 0.2) is 54.6 Å². The van der Waals surface area contributed by atoms with Crippen molar-refractivity contribution in [3.63, 3.8) is 0 Å². The molecule has 0 aliphatic rings. The molecule has 0 radical (unpaired) electrons. The molecule has 2 aromatic carbocycles. The number of benzene rings is 2. The van der Waals surface area contributed by atoms with E-state index in [1.807, 2.05) is 18.2 Å². The number of ether oxygens (including phenoxy) is 1. The first-order chi connectivity index (χ1) is 14.1. The molecule has 0 heterocycles. The molecule has 4 heteroatoms. The van der Waals surface area contributed by atoms with Gasteiger partial charge in [-0.1, -0.05) is 70.2 Å². The van der Waals surface area contributed by atoms with Gasteiger partial charge in [-0.2, -0.15) is 0 Å². The molecule has 3 nitrogen and oxygen atoms in total. The van der Waals surface area contributed by atoms with Crippen molar-refractivity contribution >= 4 is 0 Å². The Morgan fingerprint density at radius 2 is 1.32 bits per heavy atom. The molecule has 0 N–H and O–H groups in total. The van der Waals surface area contributed by atoms with Crippen LogP contribution in [-0.4, -0.2) is 24.3 Å². The first-order valence-electron chi connectivity index (χ1n) is 11.5. The maximum Gasteiger partial charge on any atom is 0.190 e. The molecule has 0 fully saturated rings. The van der Waals surface area contributed by atoms with Gasteiger partial charge in [0.15, 0.2) is 11.3 Å². The van der Waals surface area contributed by atoms with Crippen LogP contribution in [0.5, 0.6) is 5.75 Å². The first kappa shape index (κ1) is 27.5. The van der Waals surface area contributed by atoms with Crippen molar-refractivity contribution in [2.24, 2.45) is 11.8 Å². The van der Waals surface area contributed by atoms with Crippen molar-refractivity contribution in [2.75, 3.05) is 19.7 Å². The van der Waals surface area contributed by atoms with Gasteiger partial charge in [-0.15, -0.1) is 4.65 Å². The summed E-state index contributed by atoms with van der Waals surface area (Å²) in [6.45, 7) is 20.6. The molecule has 0 bridgehead atoms. The normalized spacial score (nSPS) is 13.2. The fourth-order valence-corrected chi connectivity index (χ4v) is 4.55. The molecular weight excluding hydrogens is 406 g/mol. The highest BCUT2D eigenvalue weighted by Crippen LogP contribution is 2.41. The van der Waals surface area contributed by atoms with Crippen molar-refractivity contribution in [3.8, 4) is 5.75 Å². The molecule has 31 heavy (non-hydrogen) atoms. The topological polar surface area (TPSA) is 18.5 Å². The van der Waals surface area contributed by atoms with Crippen LogP contribution < -0.4 is 17.2 Å². The van der Waals surface area contributed by atoms with Crippen molar-refractivity contribution in [1.29, 1.82) is 0 Å². The molecule has 0 spiro atoms. The lowest BCUT2D eigenvalue weighted by Gasteiger charge is -2.49. The number of rotatable bonds is 11. The second-order valence-electron chi connectivity index (χ2n) is 9.69. The summed E-state index contributed by atoms with van der Waals surface area (Å²) in [5, 5.41) is 0. The number of quaternary nitrogens is 1. The predicted molar refractivity (Wildman–Crippen MR) is 126 cm³/mol. The van der Waals surface area contributed by atoms with Crippen LogP contribution in [0.2, 0.25) is 0 Å². The Hall–Kier alpha value is -1.55. The Labute approximate surface area is 196 Å². The van der Waals surface area contributed by atoms with Crippen LogP contribution in [-0.2, 0) is 10.3 Å². The molecule has 0 aromatic heterocycles. The Morgan fingerprint density at radius 3 is 1.84 bits per heavy atom. The van der Waals surface area contributed by atoms with Crippen molar-refractivity contribution in [3.05, 3.63) is 65.7 Å². The van der Waals surface area contributed by atoms with E-state index in [-0.39, 0.29) is 24.0 Å². The zero-order chi connectivity index (χ0) is 22.4. The highest BCUT2D eigenvalue weighted by atomic mass is 35.5. The minimum Gasteiger partial charge on any atom is -1.00 e. The van der Waals surface area contributed by atoms with Gasteiger partial charge in [0.2, 0.25) is 0 Å². The predicted octanol–water partition coefficient (Wildman–Crippen LogP) is 4.15. The van der Waals surface area contributed by atoms with E-state index in [9.17, 15) is 0 Å². The lowest BCUT2D eigenvalue weighted by atomic mass is 9.84. The van der Waals surface area contributed by atoms with Crippen molar-refractivity contribution in [2.45, 2.75) is 67.0 Å². The molecule has 174 valence electrons. The first-order valence-corrected chi connectivity index (χ1v) is 11.5. The molecule has 0 aliphatic heterocycles. The van der Waals surface area contributed by atoms with E-state index in [1.54, 1.807) is 0 Å². The van der Waals surface area contributed by atoms with E-state index >= 15 is 0 Å². The molecule has 1 unspecified atom stereocenters. The molecule has 2 aromatic rings. The van der Waals surface area contributed by atoms with Crippen LogP contribution in [0.1, 0.15) is 72.6 Å². The minimum atomic E-state index is -0.271. The Bertz CT molecular complexity index is 764. The summed E-state index contributed by atoms with van der Waals surface area (Å²) in [7, 11) is 0. The van der Waals surface area contributed by atoms with Crippen LogP contribution in [0.25, 0.3) is 0 Å². The van der Waals surface area contributed by atoms with Gasteiger partial charge in [-0.3, -0.25) is 0 Å². The van der Waals surface area contributed by atoms with Crippen molar-refractivity contribution in [1.82, 2.24) is 0 Å².